The molecule has 26 heavy (non-hydrogen) atoms. The van der Waals surface area contributed by atoms with Crippen molar-refractivity contribution in [3.05, 3.63) is 64.7 Å². The van der Waals surface area contributed by atoms with Gasteiger partial charge in [0.2, 0.25) is 10.0 Å². The Labute approximate surface area is 157 Å². The van der Waals surface area contributed by atoms with Crippen LogP contribution in [0.25, 0.3) is 0 Å². The van der Waals surface area contributed by atoms with E-state index in [1.54, 1.807) is 36.4 Å². The van der Waals surface area contributed by atoms with Gasteiger partial charge in [-0.25, -0.2) is 8.42 Å². The van der Waals surface area contributed by atoms with E-state index in [9.17, 15) is 13.2 Å². The third-order valence-corrected chi connectivity index (χ3v) is 6.79. The van der Waals surface area contributed by atoms with Crippen molar-refractivity contribution in [2.45, 2.75) is 17.7 Å². The second-order valence-corrected chi connectivity index (χ2v) is 8.50. The van der Waals surface area contributed by atoms with Crippen molar-refractivity contribution in [3.8, 4) is 6.07 Å². The van der Waals surface area contributed by atoms with E-state index in [0.717, 1.165) is 0 Å². The number of nitrogens with zero attached hydrogens (tertiary/aromatic N) is 2. The fourth-order valence-corrected chi connectivity index (χ4v) is 4.87. The Bertz CT molecular complexity index is 957. The first kappa shape index (κ1) is 18.6. The van der Waals surface area contributed by atoms with Crippen molar-refractivity contribution < 1.29 is 13.2 Å². The van der Waals surface area contributed by atoms with Crippen LogP contribution < -0.4 is 0 Å². The molecule has 1 heterocycles. The van der Waals surface area contributed by atoms with Gasteiger partial charge in [0.1, 0.15) is 6.07 Å². The van der Waals surface area contributed by atoms with E-state index in [2.05, 4.69) is 0 Å². The Morgan fingerprint density at radius 1 is 1.08 bits per heavy atom. The molecule has 1 fully saturated rings. The Hall–Kier alpha value is -2.20. The molecule has 0 unspecified atom stereocenters. The van der Waals surface area contributed by atoms with Gasteiger partial charge in [-0.15, -0.1) is 0 Å². The lowest BCUT2D eigenvalue weighted by molar-refractivity contribution is 0.0875. The molecule has 2 aromatic rings. The third-order valence-electron chi connectivity index (χ3n) is 4.58. The molecule has 1 aliphatic rings. The predicted molar refractivity (Wildman–Crippen MR) is 98.4 cm³/mol. The number of halogens is 1. The summed E-state index contributed by atoms with van der Waals surface area (Å²) in [6.45, 7) is 0.512. The van der Waals surface area contributed by atoms with Crippen LogP contribution in [0.1, 0.15) is 28.8 Å². The Balaban J connectivity index is 1.73. The molecule has 134 valence electrons. The van der Waals surface area contributed by atoms with E-state index in [1.807, 2.05) is 6.07 Å². The van der Waals surface area contributed by atoms with Gasteiger partial charge in [0.25, 0.3) is 0 Å². The van der Waals surface area contributed by atoms with Gasteiger partial charge in [0.05, 0.1) is 10.5 Å². The molecular formula is C19H17ClN2O3S. The Morgan fingerprint density at radius 2 is 1.69 bits per heavy atom. The summed E-state index contributed by atoms with van der Waals surface area (Å²) in [5, 5.41) is 9.72. The molecule has 5 nitrogen and oxygen atoms in total. The number of benzene rings is 2. The number of piperidine rings is 1. The zero-order chi connectivity index (χ0) is 18.7. The molecule has 0 atom stereocenters. The van der Waals surface area contributed by atoms with E-state index in [0.29, 0.717) is 23.4 Å². The number of hydrogen-bond donors (Lipinski definition) is 0. The van der Waals surface area contributed by atoms with E-state index in [-0.39, 0.29) is 35.2 Å². The summed E-state index contributed by atoms with van der Waals surface area (Å²) in [5.74, 6) is -0.204. The molecule has 0 N–H and O–H groups in total. The number of sulfonamides is 1. The zero-order valence-corrected chi connectivity index (χ0v) is 15.5. The third kappa shape index (κ3) is 3.65. The SMILES string of the molecule is N#Cc1ccccc1S(=O)(=O)N1CCC(C(=O)c2ccc(Cl)cc2)CC1. The fraction of sp³-hybridized carbons (Fsp3) is 0.263. The standard InChI is InChI=1S/C19H17ClN2O3S/c20-17-7-5-14(6-8-17)19(23)15-9-11-22(12-10-15)26(24,25)18-4-2-1-3-16(18)13-21/h1-8,15H,9-12H2. The van der Waals surface area contributed by atoms with Crippen LogP contribution in [0.4, 0.5) is 0 Å². The summed E-state index contributed by atoms with van der Waals surface area (Å²) >= 11 is 5.85. The van der Waals surface area contributed by atoms with Gasteiger partial charge in [-0.3, -0.25) is 4.79 Å². The average Bonchev–Trinajstić information content (AvgIpc) is 2.68. The van der Waals surface area contributed by atoms with Gasteiger partial charge in [-0.2, -0.15) is 9.57 Å². The first-order valence-corrected chi connectivity index (χ1v) is 10.0. The minimum absolute atomic E-state index is 0.0103. The molecule has 0 aliphatic carbocycles. The highest BCUT2D eigenvalue weighted by Gasteiger charge is 2.33. The minimum atomic E-state index is -3.74. The summed E-state index contributed by atoms with van der Waals surface area (Å²) in [6, 6.07) is 14.8. The Morgan fingerprint density at radius 3 is 2.31 bits per heavy atom. The molecular weight excluding hydrogens is 372 g/mol. The van der Waals surface area contributed by atoms with Crippen LogP contribution in [-0.4, -0.2) is 31.6 Å². The average molecular weight is 389 g/mol. The van der Waals surface area contributed by atoms with Gasteiger partial charge in [-0.05, 0) is 49.2 Å². The van der Waals surface area contributed by atoms with Gasteiger partial charge in [0, 0.05) is 29.6 Å². The smallest absolute Gasteiger partial charge is 0.244 e. The highest BCUT2D eigenvalue weighted by molar-refractivity contribution is 7.89. The van der Waals surface area contributed by atoms with Gasteiger partial charge in [0.15, 0.2) is 5.78 Å². The normalized spacial score (nSPS) is 16.2. The van der Waals surface area contributed by atoms with Crippen LogP contribution in [0.2, 0.25) is 5.02 Å². The van der Waals surface area contributed by atoms with Crippen LogP contribution in [0, 0.1) is 17.2 Å². The molecule has 0 saturated carbocycles. The topological polar surface area (TPSA) is 78.2 Å². The molecule has 7 heteroatoms. The second kappa shape index (κ2) is 7.58. The molecule has 0 radical (unpaired) electrons. The van der Waals surface area contributed by atoms with Crippen molar-refractivity contribution >= 4 is 27.4 Å². The molecule has 1 aliphatic heterocycles. The maximum absolute atomic E-state index is 12.8. The van der Waals surface area contributed by atoms with Gasteiger partial charge < -0.3 is 0 Å². The quantitative estimate of drug-likeness (QED) is 0.751. The monoisotopic (exact) mass is 388 g/mol. The lowest BCUT2D eigenvalue weighted by Crippen LogP contribution is -2.40. The predicted octanol–water partition coefficient (Wildman–Crippen LogP) is 3.50. The first-order valence-electron chi connectivity index (χ1n) is 8.22. The summed E-state index contributed by atoms with van der Waals surface area (Å²) < 4.78 is 27.0. The number of rotatable bonds is 4. The largest absolute Gasteiger partial charge is 0.294 e. The van der Waals surface area contributed by atoms with Crippen molar-refractivity contribution in [1.82, 2.24) is 4.31 Å². The van der Waals surface area contributed by atoms with E-state index < -0.39 is 10.0 Å². The fourth-order valence-electron chi connectivity index (χ4n) is 3.13. The first-order chi connectivity index (χ1) is 12.4. The van der Waals surface area contributed by atoms with Crippen LogP contribution >= 0.6 is 11.6 Å². The van der Waals surface area contributed by atoms with Crippen molar-refractivity contribution in [2.75, 3.05) is 13.1 Å². The summed E-state index contributed by atoms with van der Waals surface area (Å²) in [5.41, 5.74) is 0.720. The Kier molecular flexibility index (Phi) is 5.42. The number of Topliss-reactive ketones (excluding diaryl/α,β-unsaturated/α-hetero) is 1. The molecule has 0 aromatic heterocycles. The van der Waals surface area contributed by atoms with E-state index in [4.69, 9.17) is 16.9 Å². The van der Waals surface area contributed by atoms with E-state index >= 15 is 0 Å². The van der Waals surface area contributed by atoms with E-state index in [1.165, 1.54) is 16.4 Å². The maximum Gasteiger partial charge on any atom is 0.244 e. The number of hydrogen-bond acceptors (Lipinski definition) is 4. The van der Waals surface area contributed by atoms with Crippen LogP contribution in [-0.2, 0) is 10.0 Å². The summed E-state index contributed by atoms with van der Waals surface area (Å²) in [6.07, 6.45) is 0.908. The molecule has 0 amide bonds. The zero-order valence-electron chi connectivity index (χ0n) is 13.9. The molecule has 0 spiro atoms. The summed E-state index contributed by atoms with van der Waals surface area (Å²) in [4.78, 5) is 12.6. The minimum Gasteiger partial charge on any atom is -0.294 e. The lowest BCUT2D eigenvalue weighted by atomic mass is 9.90. The molecule has 2 aromatic carbocycles. The number of ketones is 1. The maximum atomic E-state index is 12.8. The highest BCUT2D eigenvalue weighted by atomic mass is 35.5. The molecule has 0 bridgehead atoms. The number of carbonyl (C=O) groups is 1. The number of carbonyl (C=O) groups excluding carboxylic acids is 1. The highest BCUT2D eigenvalue weighted by Crippen LogP contribution is 2.27. The van der Waals surface area contributed by atoms with Gasteiger partial charge >= 0.3 is 0 Å². The van der Waals surface area contributed by atoms with Crippen LogP contribution in [0.3, 0.4) is 0 Å². The van der Waals surface area contributed by atoms with Crippen LogP contribution in [0.5, 0.6) is 0 Å². The number of nitriles is 1. The lowest BCUT2D eigenvalue weighted by Gasteiger charge is -2.30. The molecule has 1 saturated heterocycles. The molecule has 3 rings (SSSR count). The van der Waals surface area contributed by atoms with Crippen LogP contribution in [0.15, 0.2) is 53.4 Å². The van der Waals surface area contributed by atoms with Crippen molar-refractivity contribution in [1.29, 1.82) is 5.26 Å². The second-order valence-electron chi connectivity index (χ2n) is 6.16. The van der Waals surface area contributed by atoms with Gasteiger partial charge in [-0.1, -0.05) is 23.7 Å². The van der Waals surface area contributed by atoms with Crippen molar-refractivity contribution in [3.63, 3.8) is 0 Å². The van der Waals surface area contributed by atoms with Crippen molar-refractivity contribution in [2.24, 2.45) is 5.92 Å². The summed E-state index contributed by atoms with van der Waals surface area (Å²) in [7, 11) is -3.74.